The van der Waals surface area contributed by atoms with Gasteiger partial charge in [-0.1, -0.05) is 77.9 Å². The van der Waals surface area contributed by atoms with Crippen LogP contribution < -0.4 is 0 Å². The number of thioether (sulfide) groups is 1. The third-order valence-electron chi connectivity index (χ3n) is 4.28. The average molecular weight is 371 g/mol. The van der Waals surface area contributed by atoms with Crippen molar-refractivity contribution in [1.29, 1.82) is 0 Å². The molecule has 0 bridgehead atoms. The zero-order valence-corrected chi connectivity index (χ0v) is 17.6. The molecule has 0 N–H and O–H groups in total. The Hall–Kier alpha value is -1.74. The molecule has 0 fully saturated rings. The molecular formula is C23H30O2S. The first-order valence-electron chi connectivity index (χ1n) is 9.02. The van der Waals surface area contributed by atoms with Crippen LogP contribution in [0, 0.1) is 0 Å². The maximum Gasteiger partial charge on any atom is 0.338 e. The molecule has 0 aliphatic heterocycles. The van der Waals surface area contributed by atoms with Crippen molar-refractivity contribution in [2.24, 2.45) is 0 Å². The van der Waals surface area contributed by atoms with Gasteiger partial charge in [-0.15, -0.1) is 11.8 Å². The molecule has 0 aliphatic rings. The summed E-state index contributed by atoms with van der Waals surface area (Å²) in [7, 11) is 0. The minimum absolute atomic E-state index is 0.112. The van der Waals surface area contributed by atoms with E-state index in [2.05, 4.69) is 59.7 Å². The van der Waals surface area contributed by atoms with Crippen LogP contribution in [0.2, 0.25) is 0 Å². The number of rotatable bonds is 5. The van der Waals surface area contributed by atoms with Crippen LogP contribution in [-0.2, 0) is 21.3 Å². The summed E-state index contributed by atoms with van der Waals surface area (Å²) in [6.45, 7) is 13.5. The molecular weight excluding hydrogens is 340 g/mol. The summed E-state index contributed by atoms with van der Waals surface area (Å²) in [6, 6.07) is 16.0. The summed E-state index contributed by atoms with van der Waals surface area (Å²) in [6.07, 6.45) is 0. The first-order chi connectivity index (χ1) is 12.1. The molecule has 3 heteroatoms. The van der Waals surface area contributed by atoms with Gasteiger partial charge in [0, 0.05) is 5.75 Å². The Morgan fingerprint density at radius 1 is 0.885 bits per heavy atom. The van der Waals surface area contributed by atoms with Gasteiger partial charge in [0.1, 0.15) is 5.94 Å². The van der Waals surface area contributed by atoms with E-state index in [1.54, 1.807) is 23.9 Å². The number of ether oxygens (including phenoxy) is 1. The Kier molecular flexibility index (Phi) is 6.57. The zero-order valence-electron chi connectivity index (χ0n) is 16.8. The molecule has 2 rings (SSSR count). The molecule has 2 nitrogen and oxygen atoms in total. The van der Waals surface area contributed by atoms with E-state index in [1.807, 2.05) is 18.2 Å². The fraction of sp³-hybridized carbons (Fsp3) is 0.435. The van der Waals surface area contributed by atoms with Crippen LogP contribution in [0.1, 0.15) is 68.6 Å². The van der Waals surface area contributed by atoms with Crippen molar-refractivity contribution in [3.05, 3.63) is 70.8 Å². The predicted molar refractivity (Wildman–Crippen MR) is 112 cm³/mol. The highest BCUT2D eigenvalue weighted by Crippen LogP contribution is 2.31. The van der Waals surface area contributed by atoms with Gasteiger partial charge in [0.15, 0.2) is 0 Å². The maximum atomic E-state index is 12.0. The van der Waals surface area contributed by atoms with Crippen LogP contribution >= 0.6 is 11.8 Å². The van der Waals surface area contributed by atoms with Crippen molar-refractivity contribution in [3.63, 3.8) is 0 Å². The zero-order chi connectivity index (χ0) is 19.4. The lowest BCUT2D eigenvalue weighted by molar-refractivity contribution is 0.0579. The Morgan fingerprint density at radius 3 is 1.92 bits per heavy atom. The highest BCUT2D eigenvalue weighted by Gasteiger charge is 2.20. The highest BCUT2D eigenvalue weighted by molar-refractivity contribution is 7.98. The molecule has 0 aromatic heterocycles. The monoisotopic (exact) mass is 370 g/mol. The van der Waals surface area contributed by atoms with Gasteiger partial charge in [-0.3, -0.25) is 0 Å². The van der Waals surface area contributed by atoms with Crippen molar-refractivity contribution < 1.29 is 9.53 Å². The van der Waals surface area contributed by atoms with Gasteiger partial charge in [0.2, 0.25) is 0 Å². The summed E-state index contributed by atoms with van der Waals surface area (Å²) in [5, 5.41) is 0. The first-order valence-corrected chi connectivity index (χ1v) is 10.2. The number of carbonyl (C=O) groups excluding carboxylic acids is 1. The van der Waals surface area contributed by atoms with Crippen molar-refractivity contribution in [3.8, 4) is 0 Å². The Bertz CT molecular complexity index is 705. The van der Waals surface area contributed by atoms with Gasteiger partial charge in [-0.25, -0.2) is 4.79 Å². The molecule has 0 aliphatic carbocycles. The summed E-state index contributed by atoms with van der Waals surface area (Å²) < 4.78 is 5.37. The Balaban J connectivity index is 2.01. The molecule has 0 amide bonds. The second kappa shape index (κ2) is 8.30. The Labute approximate surface area is 162 Å². The van der Waals surface area contributed by atoms with Gasteiger partial charge < -0.3 is 4.74 Å². The number of carbonyl (C=O) groups is 1. The van der Waals surface area contributed by atoms with E-state index in [4.69, 9.17) is 4.74 Å². The van der Waals surface area contributed by atoms with E-state index >= 15 is 0 Å². The molecule has 0 saturated carbocycles. The number of benzene rings is 2. The van der Waals surface area contributed by atoms with Gasteiger partial charge in [0.05, 0.1) is 5.56 Å². The second-order valence-corrected chi connectivity index (χ2v) is 9.62. The number of hydrogen-bond acceptors (Lipinski definition) is 3. The van der Waals surface area contributed by atoms with E-state index in [0.717, 1.165) is 5.75 Å². The summed E-state index contributed by atoms with van der Waals surface area (Å²) >= 11 is 1.62. The van der Waals surface area contributed by atoms with Crippen LogP contribution in [0.15, 0.2) is 48.5 Å². The molecule has 2 aromatic carbocycles. The quantitative estimate of drug-likeness (QED) is 0.349. The Morgan fingerprint density at radius 2 is 1.42 bits per heavy atom. The second-order valence-electron chi connectivity index (χ2n) is 8.68. The molecule has 0 spiro atoms. The maximum absolute atomic E-state index is 12.0. The largest absolute Gasteiger partial charge is 0.451 e. The molecule has 0 radical (unpaired) electrons. The summed E-state index contributed by atoms with van der Waals surface area (Å²) in [5.74, 6) is 0.921. The standard InChI is InChI=1S/C23H30O2S/c1-22(2,3)19-12-17(13-20(14-19)23(4,5)6)15-26-16-25-21(24)18-10-8-7-9-11-18/h7-14H,15-16H2,1-6H3. The van der Waals surface area contributed by atoms with E-state index in [9.17, 15) is 4.79 Å². The summed E-state index contributed by atoms with van der Waals surface area (Å²) in [4.78, 5) is 12.0. The highest BCUT2D eigenvalue weighted by atomic mass is 32.2. The molecule has 26 heavy (non-hydrogen) atoms. The third kappa shape index (κ3) is 5.91. The molecule has 0 unspecified atom stereocenters. The SMILES string of the molecule is CC(C)(C)c1cc(CSCOC(=O)c2ccccc2)cc(C(C)(C)C)c1. The minimum atomic E-state index is -0.267. The van der Waals surface area contributed by atoms with Gasteiger partial charge in [-0.2, -0.15) is 0 Å². The lowest BCUT2D eigenvalue weighted by Gasteiger charge is -2.26. The minimum Gasteiger partial charge on any atom is -0.451 e. The molecule has 0 saturated heterocycles. The fourth-order valence-electron chi connectivity index (χ4n) is 2.55. The molecule has 0 atom stereocenters. The predicted octanol–water partition coefficient (Wildman–Crippen LogP) is 6.33. The molecule has 2 aromatic rings. The van der Waals surface area contributed by atoms with Crippen LogP contribution in [-0.4, -0.2) is 11.9 Å². The van der Waals surface area contributed by atoms with Crippen LogP contribution in [0.3, 0.4) is 0 Å². The summed E-state index contributed by atoms with van der Waals surface area (Å²) in [5.41, 5.74) is 4.80. The lowest BCUT2D eigenvalue weighted by Crippen LogP contribution is -2.17. The van der Waals surface area contributed by atoms with E-state index in [-0.39, 0.29) is 16.8 Å². The van der Waals surface area contributed by atoms with E-state index < -0.39 is 0 Å². The van der Waals surface area contributed by atoms with Crippen molar-refractivity contribution in [2.45, 2.75) is 58.1 Å². The van der Waals surface area contributed by atoms with Crippen LogP contribution in [0.25, 0.3) is 0 Å². The smallest absolute Gasteiger partial charge is 0.338 e. The van der Waals surface area contributed by atoms with Crippen LogP contribution in [0.4, 0.5) is 0 Å². The first kappa shape index (κ1) is 20.6. The van der Waals surface area contributed by atoms with Gasteiger partial charge in [-0.05, 0) is 39.7 Å². The van der Waals surface area contributed by atoms with Crippen molar-refractivity contribution >= 4 is 17.7 Å². The van der Waals surface area contributed by atoms with Gasteiger partial charge in [0.25, 0.3) is 0 Å². The fourth-order valence-corrected chi connectivity index (χ4v) is 3.23. The average Bonchev–Trinajstić information content (AvgIpc) is 2.57. The lowest BCUT2D eigenvalue weighted by atomic mass is 9.80. The molecule has 140 valence electrons. The van der Waals surface area contributed by atoms with E-state index in [0.29, 0.717) is 11.5 Å². The number of esters is 1. The van der Waals surface area contributed by atoms with Crippen molar-refractivity contribution in [1.82, 2.24) is 0 Å². The normalized spacial score (nSPS) is 12.1. The van der Waals surface area contributed by atoms with Crippen LogP contribution in [0.5, 0.6) is 0 Å². The topological polar surface area (TPSA) is 26.3 Å². The molecule has 0 heterocycles. The van der Waals surface area contributed by atoms with Crippen molar-refractivity contribution in [2.75, 3.05) is 5.94 Å². The number of hydrogen-bond donors (Lipinski definition) is 0. The van der Waals surface area contributed by atoms with Gasteiger partial charge >= 0.3 is 5.97 Å². The third-order valence-corrected chi connectivity index (χ3v) is 5.10. The van der Waals surface area contributed by atoms with E-state index in [1.165, 1.54) is 16.7 Å².